The van der Waals surface area contributed by atoms with Crippen molar-refractivity contribution in [2.75, 3.05) is 0 Å². The number of benzene rings is 1. The second-order valence-electron chi connectivity index (χ2n) is 4.81. The van der Waals surface area contributed by atoms with Gasteiger partial charge < -0.3 is 4.98 Å². The summed E-state index contributed by atoms with van der Waals surface area (Å²) in [6.07, 6.45) is 1.82. The number of pyridine rings is 1. The quantitative estimate of drug-likeness (QED) is 0.677. The van der Waals surface area contributed by atoms with Gasteiger partial charge in [-0.25, -0.2) is 4.98 Å². The van der Waals surface area contributed by atoms with Crippen molar-refractivity contribution >= 4 is 23.4 Å². The van der Waals surface area contributed by atoms with Gasteiger partial charge in [-0.05, 0) is 61.8 Å². The molecule has 0 atom stereocenters. The first-order chi connectivity index (χ1) is 9.09. The van der Waals surface area contributed by atoms with Gasteiger partial charge in [-0.2, -0.15) is 0 Å². The zero-order valence-corrected chi connectivity index (χ0v) is 12.0. The van der Waals surface area contributed by atoms with Crippen LogP contribution in [0.2, 0.25) is 0 Å². The lowest BCUT2D eigenvalue weighted by Gasteiger charge is -2.10. The molecule has 96 valence electrons. The fraction of sp³-hybridized carbons (Fsp3) is 0.200. The predicted molar refractivity (Wildman–Crippen MR) is 80.5 cm³/mol. The van der Waals surface area contributed by atoms with Crippen molar-refractivity contribution in [2.45, 2.75) is 20.8 Å². The SMILES string of the molecule is Cc1cccc(-n2c(=S)[nH]c3c(C)ccnc32)c1C. The monoisotopic (exact) mass is 269 g/mol. The second-order valence-corrected chi connectivity index (χ2v) is 5.20. The van der Waals surface area contributed by atoms with E-state index in [9.17, 15) is 0 Å². The number of aromatic nitrogens is 3. The van der Waals surface area contributed by atoms with E-state index in [2.05, 4.69) is 42.9 Å². The minimum atomic E-state index is 0.686. The summed E-state index contributed by atoms with van der Waals surface area (Å²) in [5.41, 5.74) is 6.62. The highest BCUT2D eigenvalue weighted by molar-refractivity contribution is 7.71. The van der Waals surface area contributed by atoms with E-state index in [1.165, 1.54) is 11.1 Å². The molecule has 1 N–H and O–H groups in total. The van der Waals surface area contributed by atoms with Gasteiger partial charge in [0.2, 0.25) is 0 Å². The number of hydrogen-bond acceptors (Lipinski definition) is 2. The number of fused-ring (bicyclic) bond motifs is 1. The third-order valence-electron chi connectivity index (χ3n) is 3.60. The van der Waals surface area contributed by atoms with Crippen LogP contribution in [0.3, 0.4) is 0 Å². The number of rotatable bonds is 1. The molecule has 0 amide bonds. The number of aryl methyl sites for hydroxylation is 2. The summed E-state index contributed by atoms with van der Waals surface area (Å²) in [5, 5.41) is 0. The van der Waals surface area contributed by atoms with Crippen LogP contribution in [0.25, 0.3) is 16.9 Å². The molecule has 3 nitrogen and oxygen atoms in total. The molecule has 2 heterocycles. The molecular weight excluding hydrogens is 254 g/mol. The van der Waals surface area contributed by atoms with Gasteiger partial charge in [0.25, 0.3) is 0 Å². The third kappa shape index (κ3) is 1.79. The maximum atomic E-state index is 5.46. The van der Waals surface area contributed by atoms with Crippen molar-refractivity contribution in [3.05, 3.63) is 51.9 Å². The number of aromatic amines is 1. The molecule has 0 aliphatic heterocycles. The zero-order valence-electron chi connectivity index (χ0n) is 11.2. The lowest BCUT2D eigenvalue weighted by atomic mass is 10.1. The fourth-order valence-corrected chi connectivity index (χ4v) is 2.62. The van der Waals surface area contributed by atoms with E-state index in [-0.39, 0.29) is 0 Å². The Kier molecular flexibility index (Phi) is 2.75. The molecule has 0 aliphatic rings. The van der Waals surface area contributed by atoms with Gasteiger partial charge in [0.05, 0.1) is 11.2 Å². The molecule has 0 fully saturated rings. The number of hydrogen-bond donors (Lipinski definition) is 1. The van der Waals surface area contributed by atoms with Crippen molar-refractivity contribution < 1.29 is 0 Å². The fourth-order valence-electron chi connectivity index (χ4n) is 2.33. The summed E-state index contributed by atoms with van der Waals surface area (Å²) in [5.74, 6) is 0. The van der Waals surface area contributed by atoms with Gasteiger partial charge in [-0.15, -0.1) is 0 Å². The van der Waals surface area contributed by atoms with E-state index < -0.39 is 0 Å². The van der Waals surface area contributed by atoms with Crippen molar-refractivity contribution in [3.63, 3.8) is 0 Å². The number of nitrogens with one attached hydrogen (secondary N) is 1. The molecule has 19 heavy (non-hydrogen) atoms. The first-order valence-corrected chi connectivity index (χ1v) is 6.63. The lowest BCUT2D eigenvalue weighted by molar-refractivity contribution is 1.02. The van der Waals surface area contributed by atoms with Gasteiger partial charge in [-0.1, -0.05) is 12.1 Å². The van der Waals surface area contributed by atoms with Crippen LogP contribution in [0.1, 0.15) is 16.7 Å². The summed E-state index contributed by atoms with van der Waals surface area (Å²) in [6, 6.07) is 8.22. The van der Waals surface area contributed by atoms with Crippen LogP contribution in [0.4, 0.5) is 0 Å². The van der Waals surface area contributed by atoms with Crippen molar-refractivity contribution in [2.24, 2.45) is 0 Å². The first-order valence-electron chi connectivity index (χ1n) is 6.22. The van der Waals surface area contributed by atoms with Crippen LogP contribution < -0.4 is 0 Å². The summed E-state index contributed by atoms with van der Waals surface area (Å²) < 4.78 is 2.70. The summed E-state index contributed by atoms with van der Waals surface area (Å²) >= 11 is 5.46. The molecule has 0 radical (unpaired) electrons. The van der Waals surface area contributed by atoms with Gasteiger partial charge in [0, 0.05) is 6.20 Å². The van der Waals surface area contributed by atoms with Crippen LogP contribution in [-0.2, 0) is 0 Å². The molecule has 3 rings (SSSR count). The average molecular weight is 269 g/mol. The Morgan fingerprint density at radius 3 is 2.68 bits per heavy atom. The Balaban J connectivity index is 2.44. The highest BCUT2D eigenvalue weighted by Gasteiger charge is 2.11. The van der Waals surface area contributed by atoms with E-state index in [1.54, 1.807) is 0 Å². The third-order valence-corrected chi connectivity index (χ3v) is 3.89. The maximum Gasteiger partial charge on any atom is 0.184 e. The molecule has 0 spiro atoms. The Morgan fingerprint density at radius 1 is 1.11 bits per heavy atom. The highest BCUT2D eigenvalue weighted by Crippen LogP contribution is 2.23. The molecule has 0 aliphatic carbocycles. The van der Waals surface area contributed by atoms with E-state index in [1.807, 2.05) is 22.9 Å². The number of imidazole rings is 1. The number of H-pyrrole nitrogens is 1. The van der Waals surface area contributed by atoms with Crippen LogP contribution in [0.15, 0.2) is 30.5 Å². The number of nitrogens with zero attached hydrogens (tertiary/aromatic N) is 2. The van der Waals surface area contributed by atoms with Gasteiger partial charge in [-0.3, -0.25) is 4.57 Å². The van der Waals surface area contributed by atoms with Gasteiger partial charge >= 0.3 is 0 Å². The van der Waals surface area contributed by atoms with E-state index in [4.69, 9.17) is 12.2 Å². The van der Waals surface area contributed by atoms with Gasteiger partial charge in [0.15, 0.2) is 10.4 Å². The standard InChI is InChI=1S/C15H15N3S/c1-9-5-4-6-12(11(9)3)18-14-13(17-15(18)19)10(2)7-8-16-14/h4-8H,1-3H3,(H,17,19). The molecule has 2 aromatic heterocycles. The molecule has 0 saturated heterocycles. The molecule has 0 saturated carbocycles. The second kappa shape index (κ2) is 4.31. The zero-order chi connectivity index (χ0) is 13.6. The molecule has 0 bridgehead atoms. The topological polar surface area (TPSA) is 33.6 Å². The highest BCUT2D eigenvalue weighted by atomic mass is 32.1. The Morgan fingerprint density at radius 2 is 1.89 bits per heavy atom. The normalized spacial score (nSPS) is 11.1. The molecule has 0 unspecified atom stereocenters. The minimum absolute atomic E-state index is 0.686. The van der Waals surface area contributed by atoms with E-state index in [0.29, 0.717) is 4.77 Å². The molecule has 1 aromatic carbocycles. The Bertz CT molecular complexity index is 827. The van der Waals surface area contributed by atoms with Crippen LogP contribution in [0.5, 0.6) is 0 Å². The molecule has 4 heteroatoms. The van der Waals surface area contributed by atoms with Crippen LogP contribution in [0, 0.1) is 25.5 Å². The Hall–Kier alpha value is -1.94. The lowest BCUT2D eigenvalue weighted by Crippen LogP contribution is -1.99. The Labute approximate surface area is 116 Å². The summed E-state index contributed by atoms with van der Waals surface area (Å²) in [7, 11) is 0. The maximum absolute atomic E-state index is 5.46. The van der Waals surface area contributed by atoms with Crippen LogP contribution in [-0.4, -0.2) is 14.5 Å². The molecular formula is C15H15N3S. The van der Waals surface area contributed by atoms with E-state index >= 15 is 0 Å². The smallest absolute Gasteiger partial charge is 0.184 e. The van der Waals surface area contributed by atoms with E-state index in [0.717, 1.165) is 22.4 Å². The largest absolute Gasteiger partial charge is 0.329 e. The first kappa shape index (κ1) is 12.1. The van der Waals surface area contributed by atoms with Crippen molar-refractivity contribution in [1.82, 2.24) is 14.5 Å². The summed E-state index contributed by atoms with van der Waals surface area (Å²) in [6.45, 7) is 6.28. The van der Waals surface area contributed by atoms with Crippen molar-refractivity contribution in [3.8, 4) is 5.69 Å². The average Bonchev–Trinajstić information content (AvgIpc) is 2.71. The predicted octanol–water partition coefficient (Wildman–Crippen LogP) is 4.01. The minimum Gasteiger partial charge on any atom is -0.329 e. The molecule has 3 aromatic rings. The van der Waals surface area contributed by atoms with Crippen LogP contribution >= 0.6 is 12.2 Å². The summed E-state index contributed by atoms with van der Waals surface area (Å²) in [4.78, 5) is 7.73. The van der Waals surface area contributed by atoms with Crippen molar-refractivity contribution in [1.29, 1.82) is 0 Å². The van der Waals surface area contributed by atoms with Gasteiger partial charge in [0.1, 0.15) is 0 Å².